The van der Waals surface area contributed by atoms with E-state index in [0.717, 1.165) is 6.07 Å². The topological polar surface area (TPSA) is 104 Å². The Labute approximate surface area is 95.4 Å². The fraction of sp³-hybridized carbons (Fsp3) is 0.0909. The van der Waals surface area contributed by atoms with E-state index in [4.69, 9.17) is 4.74 Å². The Bertz CT molecular complexity index is 570. The van der Waals surface area contributed by atoms with Crippen LogP contribution in [-0.4, -0.2) is 34.0 Å². The summed E-state index contributed by atoms with van der Waals surface area (Å²) in [7, 11) is 1.23. The van der Waals surface area contributed by atoms with Crippen LogP contribution in [0, 0.1) is 0 Å². The molecule has 2 rings (SSSR count). The SMILES string of the molecule is COc1cc(O)c2c(c1O)C(=O)C(O)=CC2=O. The molecule has 17 heavy (non-hydrogen) atoms. The normalized spacial score (nSPS) is 14.3. The van der Waals surface area contributed by atoms with Crippen molar-refractivity contribution in [2.24, 2.45) is 0 Å². The van der Waals surface area contributed by atoms with Crippen molar-refractivity contribution in [3.8, 4) is 17.2 Å². The van der Waals surface area contributed by atoms with Crippen molar-refractivity contribution in [2.45, 2.75) is 0 Å². The van der Waals surface area contributed by atoms with Gasteiger partial charge in [-0.25, -0.2) is 0 Å². The lowest BCUT2D eigenvalue weighted by Crippen LogP contribution is -2.17. The summed E-state index contributed by atoms with van der Waals surface area (Å²) in [4.78, 5) is 23.1. The molecular formula is C11H8O6. The van der Waals surface area contributed by atoms with Crippen molar-refractivity contribution in [1.29, 1.82) is 0 Å². The summed E-state index contributed by atoms with van der Waals surface area (Å²) in [5, 5.41) is 28.5. The first-order chi connectivity index (χ1) is 7.97. The van der Waals surface area contributed by atoms with Gasteiger partial charge >= 0.3 is 0 Å². The number of fused-ring (bicyclic) bond motifs is 1. The fourth-order valence-electron chi connectivity index (χ4n) is 1.65. The van der Waals surface area contributed by atoms with E-state index in [1.807, 2.05) is 0 Å². The molecule has 0 aromatic heterocycles. The van der Waals surface area contributed by atoms with E-state index in [1.165, 1.54) is 7.11 Å². The molecule has 0 fully saturated rings. The van der Waals surface area contributed by atoms with E-state index < -0.39 is 34.4 Å². The highest BCUT2D eigenvalue weighted by atomic mass is 16.5. The first kappa shape index (κ1) is 11.0. The molecule has 0 saturated carbocycles. The number of benzene rings is 1. The molecular weight excluding hydrogens is 228 g/mol. The largest absolute Gasteiger partial charge is 0.507 e. The highest BCUT2D eigenvalue weighted by Gasteiger charge is 2.33. The van der Waals surface area contributed by atoms with Crippen molar-refractivity contribution in [3.05, 3.63) is 29.0 Å². The van der Waals surface area contributed by atoms with Crippen molar-refractivity contribution in [2.75, 3.05) is 7.11 Å². The van der Waals surface area contributed by atoms with Gasteiger partial charge < -0.3 is 20.1 Å². The number of carbonyl (C=O) groups is 2. The third-order valence-electron chi connectivity index (χ3n) is 2.44. The summed E-state index contributed by atoms with van der Waals surface area (Å²) in [6.07, 6.45) is 0.691. The molecule has 1 aromatic rings. The highest BCUT2D eigenvalue weighted by molar-refractivity contribution is 6.26. The van der Waals surface area contributed by atoms with Crippen LogP contribution in [0.25, 0.3) is 0 Å². The Morgan fingerprint density at radius 3 is 2.35 bits per heavy atom. The lowest BCUT2D eigenvalue weighted by molar-refractivity contribution is 0.0934. The van der Waals surface area contributed by atoms with Crippen LogP contribution in [0.2, 0.25) is 0 Å². The molecule has 0 aliphatic heterocycles. The smallest absolute Gasteiger partial charge is 0.232 e. The summed E-state index contributed by atoms with van der Waals surface area (Å²) in [5.74, 6) is -3.71. The van der Waals surface area contributed by atoms with E-state index in [2.05, 4.69) is 0 Å². The molecule has 1 aliphatic rings. The average Bonchev–Trinajstić information content (AvgIpc) is 2.28. The molecule has 1 aromatic carbocycles. The van der Waals surface area contributed by atoms with Gasteiger partial charge in [0.15, 0.2) is 23.0 Å². The van der Waals surface area contributed by atoms with Crippen molar-refractivity contribution in [3.63, 3.8) is 0 Å². The number of Topliss-reactive ketones (excluding diaryl/α,β-unsaturated/α-hetero) is 1. The van der Waals surface area contributed by atoms with Gasteiger partial charge in [0.05, 0.1) is 18.2 Å². The van der Waals surface area contributed by atoms with Gasteiger partial charge in [0.1, 0.15) is 5.75 Å². The minimum absolute atomic E-state index is 0.155. The molecule has 0 spiro atoms. The third-order valence-corrected chi connectivity index (χ3v) is 2.44. The van der Waals surface area contributed by atoms with E-state index in [0.29, 0.717) is 6.08 Å². The fourth-order valence-corrected chi connectivity index (χ4v) is 1.65. The Hall–Kier alpha value is -2.50. The predicted octanol–water partition coefficient (Wildman–Crippen LogP) is 0.927. The van der Waals surface area contributed by atoms with Crippen molar-refractivity contribution >= 4 is 11.6 Å². The van der Waals surface area contributed by atoms with Crippen molar-refractivity contribution in [1.82, 2.24) is 0 Å². The molecule has 0 unspecified atom stereocenters. The zero-order valence-electron chi connectivity index (χ0n) is 8.72. The molecule has 0 bridgehead atoms. The van der Waals surface area contributed by atoms with Crippen LogP contribution in [0.5, 0.6) is 17.2 Å². The van der Waals surface area contributed by atoms with Gasteiger partial charge in [0.2, 0.25) is 5.78 Å². The number of rotatable bonds is 1. The Kier molecular flexibility index (Phi) is 2.27. The number of phenolic OH excluding ortho intramolecular Hbond substituents is 2. The van der Waals surface area contributed by atoms with Gasteiger partial charge in [0, 0.05) is 12.1 Å². The zero-order chi connectivity index (χ0) is 12.7. The van der Waals surface area contributed by atoms with Gasteiger partial charge in [-0.3, -0.25) is 9.59 Å². The second-order valence-electron chi connectivity index (χ2n) is 3.42. The number of allylic oxidation sites excluding steroid dienone is 2. The molecule has 0 heterocycles. The second-order valence-corrected chi connectivity index (χ2v) is 3.42. The van der Waals surface area contributed by atoms with E-state index in [9.17, 15) is 24.9 Å². The summed E-state index contributed by atoms with van der Waals surface area (Å²) >= 11 is 0. The van der Waals surface area contributed by atoms with E-state index in [-0.39, 0.29) is 11.3 Å². The Morgan fingerprint density at radius 2 is 1.76 bits per heavy atom. The lowest BCUT2D eigenvalue weighted by Gasteiger charge is -2.16. The van der Waals surface area contributed by atoms with Crippen LogP contribution >= 0.6 is 0 Å². The van der Waals surface area contributed by atoms with E-state index >= 15 is 0 Å². The maximum absolute atomic E-state index is 11.6. The molecule has 3 N–H and O–H groups in total. The van der Waals surface area contributed by atoms with Gasteiger partial charge in [0.25, 0.3) is 0 Å². The van der Waals surface area contributed by atoms with Crippen LogP contribution in [-0.2, 0) is 0 Å². The molecule has 0 amide bonds. The van der Waals surface area contributed by atoms with Crippen LogP contribution in [0.4, 0.5) is 0 Å². The van der Waals surface area contributed by atoms with Gasteiger partial charge in [-0.05, 0) is 0 Å². The number of hydrogen-bond donors (Lipinski definition) is 3. The number of aliphatic hydroxyl groups is 1. The quantitative estimate of drug-likeness (QED) is 0.626. The zero-order valence-corrected chi connectivity index (χ0v) is 8.72. The standard InChI is InChI=1S/C11H8O6/c1-17-7-3-5(13)8-4(12)2-6(14)10(15)9(8)11(7)16/h2-3,13-14,16H,1H3. The van der Waals surface area contributed by atoms with Gasteiger partial charge in [-0.15, -0.1) is 0 Å². The number of aromatic hydroxyl groups is 2. The second kappa shape index (κ2) is 3.51. The van der Waals surface area contributed by atoms with E-state index in [1.54, 1.807) is 0 Å². The number of phenols is 2. The summed E-state index contributed by atoms with van der Waals surface area (Å²) < 4.78 is 4.74. The van der Waals surface area contributed by atoms with Gasteiger partial charge in [-0.1, -0.05) is 0 Å². The molecule has 0 saturated heterocycles. The summed E-state index contributed by atoms with van der Waals surface area (Å²) in [6, 6.07) is 1.02. The first-order valence-electron chi connectivity index (χ1n) is 4.60. The molecule has 0 radical (unpaired) electrons. The maximum Gasteiger partial charge on any atom is 0.232 e. The molecule has 1 aliphatic carbocycles. The third kappa shape index (κ3) is 1.42. The minimum Gasteiger partial charge on any atom is -0.507 e. The summed E-state index contributed by atoms with van der Waals surface area (Å²) in [5.41, 5.74) is -0.794. The number of methoxy groups -OCH3 is 1. The van der Waals surface area contributed by atoms with Crippen LogP contribution in [0.3, 0.4) is 0 Å². The number of hydrogen-bond acceptors (Lipinski definition) is 6. The maximum atomic E-state index is 11.6. The highest BCUT2D eigenvalue weighted by Crippen LogP contribution is 2.41. The minimum atomic E-state index is -0.939. The molecule has 6 nitrogen and oxygen atoms in total. The monoisotopic (exact) mass is 236 g/mol. The number of ketones is 2. The Morgan fingerprint density at radius 1 is 1.12 bits per heavy atom. The Balaban J connectivity index is 2.83. The first-order valence-corrected chi connectivity index (χ1v) is 4.60. The lowest BCUT2D eigenvalue weighted by atomic mass is 9.91. The number of ether oxygens (including phenoxy) is 1. The van der Waals surface area contributed by atoms with Crippen LogP contribution in [0.1, 0.15) is 20.7 Å². The predicted molar refractivity (Wildman–Crippen MR) is 55.7 cm³/mol. The molecule has 6 heteroatoms. The average molecular weight is 236 g/mol. The molecule has 0 atom stereocenters. The summed E-state index contributed by atoms with van der Waals surface area (Å²) in [6.45, 7) is 0. The number of aliphatic hydroxyl groups excluding tert-OH is 1. The van der Waals surface area contributed by atoms with Crippen LogP contribution < -0.4 is 4.74 Å². The molecule has 88 valence electrons. The number of carbonyl (C=O) groups excluding carboxylic acids is 2. The van der Waals surface area contributed by atoms with Gasteiger partial charge in [-0.2, -0.15) is 0 Å². The van der Waals surface area contributed by atoms with Crippen molar-refractivity contribution < 1.29 is 29.6 Å². The van der Waals surface area contributed by atoms with Crippen LogP contribution in [0.15, 0.2) is 17.9 Å².